The number of hydrogen-bond donors (Lipinski definition) is 1. The van der Waals surface area contributed by atoms with Gasteiger partial charge in [-0.05, 0) is 37.0 Å². The number of rotatable bonds is 5. The van der Waals surface area contributed by atoms with Gasteiger partial charge in [-0.3, -0.25) is 0 Å². The standard InChI is InChI=1S/C18H26N4/c1-6-22(7-2)17-12-16(19-13-20-17)21-15-10-8-14(9-11-15)18(3,4)5/h8-13H,6-7H2,1-5H3,(H,19,20,21). The van der Waals surface area contributed by atoms with Crippen LogP contribution in [0.3, 0.4) is 0 Å². The van der Waals surface area contributed by atoms with E-state index < -0.39 is 0 Å². The van der Waals surface area contributed by atoms with Gasteiger partial charge in [0.05, 0.1) is 0 Å². The maximum absolute atomic E-state index is 4.34. The van der Waals surface area contributed by atoms with Crippen molar-refractivity contribution < 1.29 is 0 Å². The minimum atomic E-state index is 0.170. The van der Waals surface area contributed by atoms with Crippen molar-refractivity contribution in [1.82, 2.24) is 9.97 Å². The van der Waals surface area contributed by atoms with Gasteiger partial charge < -0.3 is 10.2 Å². The third kappa shape index (κ3) is 3.97. The van der Waals surface area contributed by atoms with Crippen molar-refractivity contribution >= 4 is 17.3 Å². The van der Waals surface area contributed by atoms with E-state index in [2.05, 4.69) is 79.1 Å². The average molecular weight is 298 g/mol. The molecule has 0 aliphatic rings. The Labute approximate surface area is 133 Å². The summed E-state index contributed by atoms with van der Waals surface area (Å²) < 4.78 is 0. The molecule has 0 fully saturated rings. The molecule has 0 saturated carbocycles. The van der Waals surface area contributed by atoms with E-state index in [1.807, 2.05) is 6.07 Å². The van der Waals surface area contributed by atoms with Crippen LogP contribution in [0.2, 0.25) is 0 Å². The van der Waals surface area contributed by atoms with Crippen molar-refractivity contribution in [2.24, 2.45) is 0 Å². The Kier molecular flexibility index (Phi) is 5.01. The molecule has 0 radical (unpaired) electrons. The summed E-state index contributed by atoms with van der Waals surface area (Å²) in [6.07, 6.45) is 1.61. The van der Waals surface area contributed by atoms with Crippen LogP contribution in [0.4, 0.5) is 17.3 Å². The lowest BCUT2D eigenvalue weighted by atomic mass is 9.87. The van der Waals surface area contributed by atoms with Gasteiger partial charge in [0.15, 0.2) is 0 Å². The topological polar surface area (TPSA) is 41.0 Å². The van der Waals surface area contributed by atoms with Crippen LogP contribution in [-0.2, 0) is 5.41 Å². The molecule has 0 spiro atoms. The highest BCUT2D eigenvalue weighted by Crippen LogP contribution is 2.25. The first-order valence-corrected chi connectivity index (χ1v) is 7.88. The van der Waals surface area contributed by atoms with Crippen LogP contribution in [0.1, 0.15) is 40.2 Å². The van der Waals surface area contributed by atoms with E-state index in [0.717, 1.165) is 30.4 Å². The lowest BCUT2D eigenvalue weighted by Gasteiger charge is -2.20. The number of aromatic nitrogens is 2. The Morgan fingerprint density at radius 3 is 2.18 bits per heavy atom. The summed E-state index contributed by atoms with van der Waals surface area (Å²) >= 11 is 0. The molecule has 1 heterocycles. The van der Waals surface area contributed by atoms with Crippen LogP contribution in [0.25, 0.3) is 0 Å². The van der Waals surface area contributed by atoms with E-state index >= 15 is 0 Å². The Morgan fingerprint density at radius 1 is 1.00 bits per heavy atom. The van der Waals surface area contributed by atoms with Crippen LogP contribution in [0.5, 0.6) is 0 Å². The second-order valence-electron chi connectivity index (χ2n) is 6.39. The quantitative estimate of drug-likeness (QED) is 0.890. The van der Waals surface area contributed by atoms with E-state index in [1.54, 1.807) is 6.33 Å². The zero-order valence-electron chi connectivity index (χ0n) is 14.2. The molecule has 0 aliphatic heterocycles. The summed E-state index contributed by atoms with van der Waals surface area (Å²) in [5.41, 5.74) is 2.53. The molecule has 2 rings (SSSR count). The monoisotopic (exact) mass is 298 g/mol. The predicted octanol–water partition coefficient (Wildman–Crippen LogP) is 4.36. The minimum Gasteiger partial charge on any atom is -0.357 e. The van der Waals surface area contributed by atoms with Crippen molar-refractivity contribution in [1.29, 1.82) is 0 Å². The zero-order valence-corrected chi connectivity index (χ0v) is 14.2. The Bertz CT molecular complexity index is 595. The molecule has 2 aromatic rings. The van der Waals surface area contributed by atoms with Gasteiger partial charge in [-0.2, -0.15) is 0 Å². The van der Waals surface area contributed by atoms with E-state index in [-0.39, 0.29) is 5.41 Å². The molecular weight excluding hydrogens is 272 g/mol. The maximum atomic E-state index is 4.34. The fraction of sp³-hybridized carbons (Fsp3) is 0.444. The highest BCUT2D eigenvalue weighted by Gasteiger charge is 2.13. The Morgan fingerprint density at radius 2 is 1.64 bits per heavy atom. The first-order chi connectivity index (χ1) is 10.4. The third-order valence-corrected chi connectivity index (χ3v) is 3.76. The van der Waals surface area contributed by atoms with E-state index in [4.69, 9.17) is 0 Å². The summed E-state index contributed by atoms with van der Waals surface area (Å²) in [5.74, 6) is 1.77. The van der Waals surface area contributed by atoms with Crippen LogP contribution in [-0.4, -0.2) is 23.1 Å². The van der Waals surface area contributed by atoms with Crippen molar-refractivity contribution in [2.45, 2.75) is 40.0 Å². The second-order valence-corrected chi connectivity index (χ2v) is 6.39. The molecule has 118 valence electrons. The van der Waals surface area contributed by atoms with Crippen molar-refractivity contribution in [3.8, 4) is 0 Å². The number of nitrogens with one attached hydrogen (secondary N) is 1. The molecular formula is C18H26N4. The summed E-state index contributed by atoms with van der Waals surface area (Å²) in [6, 6.07) is 10.5. The fourth-order valence-electron chi connectivity index (χ4n) is 2.34. The number of hydrogen-bond acceptors (Lipinski definition) is 4. The van der Waals surface area contributed by atoms with Gasteiger partial charge in [0.1, 0.15) is 18.0 Å². The predicted molar refractivity (Wildman–Crippen MR) is 94.0 cm³/mol. The van der Waals surface area contributed by atoms with Gasteiger partial charge in [0.2, 0.25) is 0 Å². The number of nitrogens with zero attached hydrogens (tertiary/aromatic N) is 3. The summed E-state index contributed by atoms with van der Waals surface area (Å²) in [6.45, 7) is 12.8. The molecule has 0 amide bonds. The smallest absolute Gasteiger partial charge is 0.135 e. The maximum Gasteiger partial charge on any atom is 0.135 e. The van der Waals surface area contributed by atoms with Gasteiger partial charge in [0, 0.05) is 24.8 Å². The Balaban J connectivity index is 2.15. The minimum absolute atomic E-state index is 0.170. The molecule has 0 unspecified atom stereocenters. The van der Waals surface area contributed by atoms with Gasteiger partial charge in [-0.15, -0.1) is 0 Å². The number of benzene rings is 1. The molecule has 4 heteroatoms. The molecule has 0 bridgehead atoms. The first-order valence-electron chi connectivity index (χ1n) is 7.88. The van der Waals surface area contributed by atoms with Crippen LogP contribution in [0.15, 0.2) is 36.7 Å². The van der Waals surface area contributed by atoms with Gasteiger partial charge >= 0.3 is 0 Å². The van der Waals surface area contributed by atoms with Gasteiger partial charge in [-0.25, -0.2) is 9.97 Å². The van der Waals surface area contributed by atoms with E-state index in [9.17, 15) is 0 Å². The third-order valence-electron chi connectivity index (χ3n) is 3.76. The molecule has 0 saturated heterocycles. The molecule has 4 nitrogen and oxygen atoms in total. The average Bonchev–Trinajstić information content (AvgIpc) is 2.48. The lowest BCUT2D eigenvalue weighted by molar-refractivity contribution is 0.590. The van der Waals surface area contributed by atoms with Crippen molar-refractivity contribution in [2.75, 3.05) is 23.3 Å². The SMILES string of the molecule is CCN(CC)c1cc(Nc2ccc(C(C)(C)C)cc2)ncn1. The van der Waals surface area contributed by atoms with E-state index in [1.165, 1.54) is 5.56 Å². The molecule has 1 aromatic carbocycles. The van der Waals surface area contributed by atoms with E-state index in [0.29, 0.717) is 0 Å². The second kappa shape index (κ2) is 6.77. The van der Waals surface area contributed by atoms with Gasteiger partial charge in [0.25, 0.3) is 0 Å². The summed E-state index contributed by atoms with van der Waals surface area (Å²) in [7, 11) is 0. The Hall–Kier alpha value is -2.10. The molecule has 0 atom stereocenters. The highest BCUT2D eigenvalue weighted by atomic mass is 15.2. The molecule has 1 aromatic heterocycles. The highest BCUT2D eigenvalue weighted by molar-refractivity contribution is 5.59. The van der Waals surface area contributed by atoms with Crippen molar-refractivity contribution in [3.63, 3.8) is 0 Å². The zero-order chi connectivity index (χ0) is 16.2. The molecule has 0 aliphatic carbocycles. The van der Waals surface area contributed by atoms with Crippen LogP contribution < -0.4 is 10.2 Å². The van der Waals surface area contributed by atoms with Gasteiger partial charge in [-0.1, -0.05) is 32.9 Å². The fourth-order valence-corrected chi connectivity index (χ4v) is 2.34. The van der Waals surface area contributed by atoms with Crippen molar-refractivity contribution in [3.05, 3.63) is 42.2 Å². The lowest BCUT2D eigenvalue weighted by Crippen LogP contribution is -2.23. The van der Waals surface area contributed by atoms with Crippen LogP contribution >= 0.6 is 0 Å². The first kappa shape index (κ1) is 16.3. The number of anilines is 3. The van der Waals surface area contributed by atoms with Crippen LogP contribution in [0, 0.1) is 0 Å². The molecule has 1 N–H and O–H groups in total. The molecule has 22 heavy (non-hydrogen) atoms. The largest absolute Gasteiger partial charge is 0.357 e. The summed E-state index contributed by atoms with van der Waals surface area (Å²) in [5, 5.41) is 3.35. The summed E-state index contributed by atoms with van der Waals surface area (Å²) in [4.78, 5) is 10.9. The normalized spacial score (nSPS) is 11.3.